The SMILES string of the molecule is CCNC(=NCc1nc(C(F)(F)F)cs1)NCCC(=O)N(C)C.I. The van der Waals surface area contributed by atoms with Crippen LogP contribution >= 0.6 is 35.3 Å². The van der Waals surface area contributed by atoms with Crippen LogP contribution in [0.4, 0.5) is 13.2 Å². The number of rotatable bonds is 6. The number of thiazole rings is 1. The summed E-state index contributed by atoms with van der Waals surface area (Å²) in [6.45, 7) is 2.89. The first-order chi connectivity index (χ1) is 10.7. The molecule has 0 aromatic carbocycles. The molecule has 0 saturated heterocycles. The smallest absolute Gasteiger partial charge is 0.357 e. The molecule has 0 aliphatic rings. The van der Waals surface area contributed by atoms with Crippen LogP contribution < -0.4 is 10.6 Å². The molecular formula is C13H21F3IN5OS. The van der Waals surface area contributed by atoms with Crippen LogP contribution in [-0.2, 0) is 17.5 Å². The largest absolute Gasteiger partial charge is 0.434 e. The first-order valence-corrected chi connectivity index (χ1v) is 7.86. The Morgan fingerprint density at radius 1 is 1.38 bits per heavy atom. The number of hydrogen-bond acceptors (Lipinski definition) is 4. The molecule has 0 atom stereocenters. The number of guanidine groups is 1. The van der Waals surface area contributed by atoms with Gasteiger partial charge in [-0.2, -0.15) is 13.2 Å². The molecule has 6 nitrogen and oxygen atoms in total. The number of halogens is 4. The Morgan fingerprint density at radius 2 is 2.04 bits per heavy atom. The van der Waals surface area contributed by atoms with Gasteiger partial charge in [0.05, 0.1) is 6.54 Å². The van der Waals surface area contributed by atoms with Crippen LogP contribution in [0.3, 0.4) is 0 Å². The first-order valence-electron chi connectivity index (χ1n) is 6.98. The molecule has 1 heterocycles. The second kappa shape index (κ2) is 10.7. The van der Waals surface area contributed by atoms with Crippen LogP contribution in [-0.4, -0.2) is 48.9 Å². The molecule has 1 aromatic rings. The molecule has 0 aliphatic carbocycles. The van der Waals surface area contributed by atoms with Crippen LogP contribution in [0, 0.1) is 0 Å². The van der Waals surface area contributed by atoms with Crippen LogP contribution in [0.1, 0.15) is 24.0 Å². The van der Waals surface area contributed by atoms with E-state index in [1.54, 1.807) is 14.1 Å². The summed E-state index contributed by atoms with van der Waals surface area (Å²) in [5, 5.41) is 7.17. The number of nitrogens with one attached hydrogen (secondary N) is 2. The topological polar surface area (TPSA) is 69.6 Å². The van der Waals surface area contributed by atoms with E-state index >= 15 is 0 Å². The lowest BCUT2D eigenvalue weighted by Gasteiger charge is -2.13. The van der Waals surface area contributed by atoms with Crippen molar-refractivity contribution >= 4 is 47.2 Å². The fourth-order valence-corrected chi connectivity index (χ4v) is 2.24. The fourth-order valence-electron chi connectivity index (χ4n) is 1.51. The predicted molar refractivity (Wildman–Crippen MR) is 98.7 cm³/mol. The number of nitrogens with zero attached hydrogens (tertiary/aromatic N) is 3. The van der Waals surface area contributed by atoms with E-state index in [-0.39, 0.29) is 41.4 Å². The molecule has 0 bridgehead atoms. The Hall–Kier alpha value is -1.11. The van der Waals surface area contributed by atoms with Crippen LogP contribution in [0.15, 0.2) is 10.4 Å². The standard InChI is InChI=1S/C13H20F3N5OS.HI/c1-4-17-12(18-6-5-11(22)21(2)3)19-7-10-20-9(8-23-10)13(14,15)16;/h8H,4-7H2,1-3H3,(H2,17,18,19);1H. The van der Waals surface area contributed by atoms with Gasteiger partial charge >= 0.3 is 6.18 Å². The van der Waals surface area contributed by atoms with Gasteiger partial charge in [0.25, 0.3) is 0 Å². The first kappa shape index (κ1) is 22.9. The highest BCUT2D eigenvalue weighted by Gasteiger charge is 2.33. The Bertz CT molecular complexity index is 548. The molecule has 24 heavy (non-hydrogen) atoms. The van der Waals surface area contributed by atoms with Gasteiger partial charge in [-0.15, -0.1) is 35.3 Å². The summed E-state index contributed by atoms with van der Waals surface area (Å²) in [7, 11) is 3.34. The molecule has 11 heteroatoms. The van der Waals surface area contributed by atoms with E-state index in [9.17, 15) is 18.0 Å². The summed E-state index contributed by atoms with van der Waals surface area (Å²) in [4.78, 5) is 20.6. The maximum absolute atomic E-state index is 12.5. The van der Waals surface area contributed by atoms with Gasteiger partial charge in [0.15, 0.2) is 11.7 Å². The molecule has 0 saturated carbocycles. The van der Waals surface area contributed by atoms with E-state index < -0.39 is 11.9 Å². The van der Waals surface area contributed by atoms with Crippen molar-refractivity contribution in [1.82, 2.24) is 20.5 Å². The van der Waals surface area contributed by atoms with Gasteiger partial charge in [0, 0.05) is 39.0 Å². The van der Waals surface area contributed by atoms with E-state index in [0.717, 1.165) is 16.7 Å². The average molecular weight is 479 g/mol. The molecular weight excluding hydrogens is 458 g/mol. The average Bonchev–Trinajstić information content (AvgIpc) is 2.93. The molecule has 1 rings (SSSR count). The number of amides is 1. The molecule has 0 unspecified atom stereocenters. The maximum Gasteiger partial charge on any atom is 0.434 e. The molecule has 0 spiro atoms. The third-order valence-electron chi connectivity index (χ3n) is 2.69. The minimum Gasteiger partial charge on any atom is -0.357 e. The highest BCUT2D eigenvalue weighted by molar-refractivity contribution is 14.0. The molecule has 0 radical (unpaired) electrons. The zero-order valence-corrected chi connectivity index (χ0v) is 16.8. The number of aromatic nitrogens is 1. The molecule has 1 aromatic heterocycles. The Labute approximate surface area is 159 Å². The van der Waals surface area contributed by atoms with Crippen molar-refractivity contribution in [3.05, 3.63) is 16.1 Å². The number of aliphatic imine (C=N–C) groups is 1. The zero-order valence-electron chi connectivity index (χ0n) is 13.6. The van der Waals surface area contributed by atoms with Crippen molar-refractivity contribution in [1.29, 1.82) is 0 Å². The molecule has 1 amide bonds. The van der Waals surface area contributed by atoms with Crippen molar-refractivity contribution in [2.75, 3.05) is 27.2 Å². The molecule has 2 N–H and O–H groups in total. The second-order valence-corrected chi connectivity index (χ2v) is 5.73. The lowest BCUT2D eigenvalue weighted by molar-refractivity contribution is -0.140. The van der Waals surface area contributed by atoms with Crippen LogP contribution in [0.25, 0.3) is 0 Å². The van der Waals surface area contributed by atoms with Crippen LogP contribution in [0.2, 0.25) is 0 Å². The van der Waals surface area contributed by atoms with Gasteiger partial charge in [-0.1, -0.05) is 0 Å². The number of carbonyl (C=O) groups excluding carboxylic acids is 1. The molecule has 0 aliphatic heterocycles. The number of alkyl halides is 3. The monoisotopic (exact) mass is 479 g/mol. The highest BCUT2D eigenvalue weighted by Crippen LogP contribution is 2.30. The van der Waals surface area contributed by atoms with Gasteiger partial charge in [-0.3, -0.25) is 4.79 Å². The number of carbonyl (C=O) groups is 1. The Balaban J connectivity index is 0.00000529. The van der Waals surface area contributed by atoms with Crippen molar-refractivity contribution in [3.8, 4) is 0 Å². The zero-order chi connectivity index (χ0) is 17.5. The summed E-state index contributed by atoms with van der Waals surface area (Å²) in [6, 6.07) is 0. The van der Waals surface area contributed by atoms with Crippen molar-refractivity contribution in [3.63, 3.8) is 0 Å². The van der Waals surface area contributed by atoms with Gasteiger partial charge in [0.2, 0.25) is 5.91 Å². The minimum atomic E-state index is -4.44. The lowest BCUT2D eigenvalue weighted by atomic mass is 10.4. The van der Waals surface area contributed by atoms with Gasteiger partial charge in [0.1, 0.15) is 5.01 Å². The maximum atomic E-state index is 12.5. The van der Waals surface area contributed by atoms with E-state index in [0.29, 0.717) is 25.5 Å². The third-order valence-corrected chi connectivity index (χ3v) is 3.52. The third kappa shape index (κ3) is 8.13. The van der Waals surface area contributed by atoms with E-state index in [2.05, 4.69) is 20.6 Å². The van der Waals surface area contributed by atoms with E-state index in [1.165, 1.54) is 4.90 Å². The summed E-state index contributed by atoms with van der Waals surface area (Å²) < 4.78 is 37.4. The second-order valence-electron chi connectivity index (χ2n) is 4.78. The summed E-state index contributed by atoms with van der Waals surface area (Å²) in [5.41, 5.74) is -0.901. The quantitative estimate of drug-likeness (QED) is 0.374. The van der Waals surface area contributed by atoms with Crippen molar-refractivity contribution < 1.29 is 18.0 Å². The Morgan fingerprint density at radius 3 is 2.54 bits per heavy atom. The van der Waals surface area contributed by atoms with E-state index in [1.807, 2.05) is 6.92 Å². The van der Waals surface area contributed by atoms with E-state index in [4.69, 9.17) is 0 Å². The van der Waals surface area contributed by atoms with Gasteiger partial charge in [-0.25, -0.2) is 9.98 Å². The normalized spacial score (nSPS) is 11.7. The van der Waals surface area contributed by atoms with Gasteiger partial charge < -0.3 is 15.5 Å². The minimum absolute atomic E-state index is 0. The fraction of sp³-hybridized carbons (Fsp3) is 0.615. The molecule has 0 fully saturated rings. The predicted octanol–water partition coefficient (Wildman–Crippen LogP) is 2.31. The summed E-state index contributed by atoms with van der Waals surface area (Å²) in [6.07, 6.45) is -4.14. The van der Waals surface area contributed by atoms with Crippen LogP contribution in [0.5, 0.6) is 0 Å². The molecule has 138 valence electrons. The Kier molecular flexibility index (Phi) is 10.2. The number of hydrogen-bond donors (Lipinski definition) is 2. The summed E-state index contributed by atoms with van der Waals surface area (Å²) in [5.74, 6) is 0.408. The summed E-state index contributed by atoms with van der Waals surface area (Å²) >= 11 is 0.915. The van der Waals surface area contributed by atoms with Crippen molar-refractivity contribution in [2.24, 2.45) is 4.99 Å². The highest BCUT2D eigenvalue weighted by atomic mass is 127. The van der Waals surface area contributed by atoms with Crippen molar-refractivity contribution in [2.45, 2.75) is 26.1 Å². The lowest BCUT2D eigenvalue weighted by Crippen LogP contribution is -2.39. The van der Waals surface area contributed by atoms with Gasteiger partial charge in [-0.05, 0) is 6.92 Å².